The van der Waals surface area contributed by atoms with Gasteiger partial charge in [0.05, 0.1) is 17.3 Å². The van der Waals surface area contributed by atoms with Crippen molar-refractivity contribution in [3.05, 3.63) is 71.3 Å². The molecule has 2 heterocycles. The Labute approximate surface area is 222 Å². The van der Waals surface area contributed by atoms with E-state index in [1.807, 2.05) is 12.1 Å². The Hall–Kier alpha value is -3.53. The maximum atomic E-state index is 14.7. The number of hydrogen-bond acceptors (Lipinski definition) is 6. The molecule has 1 amide bonds. The van der Waals surface area contributed by atoms with Crippen LogP contribution in [0, 0.1) is 11.6 Å². The van der Waals surface area contributed by atoms with E-state index in [1.165, 1.54) is 18.2 Å². The summed E-state index contributed by atoms with van der Waals surface area (Å²) in [6, 6.07) is 12.4. The largest absolute Gasteiger partial charge is 0.396 e. The van der Waals surface area contributed by atoms with Gasteiger partial charge in [0.15, 0.2) is 15.7 Å². The fourth-order valence-corrected chi connectivity index (χ4v) is 5.43. The Morgan fingerprint density at radius 1 is 1.03 bits per heavy atom. The van der Waals surface area contributed by atoms with Crippen LogP contribution in [0.5, 0.6) is 0 Å². The van der Waals surface area contributed by atoms with Crippen LogP contribution in [0.4, 0.5) is 20.3 Å². The molecule has 1 atom stereocenters. The van der Waals surface area contributed by atoms with Crippen LogP contribution >= 0.6 is 0 Å². The van der Waals surface area contributed by atoms with Gasteiger partial charge in [0, 0.05) is 37.0 Å². The fourth-order valence-electron chi connectivity index (χ4n) is 4.68. The Balaban J connectivity index is 1.58. The predicted molar refractivity (Wildman–Crippen MR) is 144 cm³/mol. The van der Waals surface area contributed by atoms with Gasteiger partial charge in [-0.05, 0) is 61.7 Å². The molecule has 3 N–H and O–H groups in total. The highest BCUT2D eigenvalue weighted by Gasteiger charge is 2.25. The van der Waals surface area contributed by atoms with Crippen molar-refractivity contribution in [2.24, 2.45) is 0 Å². The lowest BCUT2D eigenvalue weighted by Crippen LogP contribution is -2.31. The van der Waals surface area contributed by atoms with Crippen molar-refractivity contribution in [3.63, 3.8) is 0 Å². The highest BCUT2D eigenvalue weighted by atomic mass is 32.2. The Kier molecular flexibility index (Phi) is 8.30. The lowest BCUT2D eigenvalue weighted by molar-refractivity contribution is -0.122. The molecule has 4 rings (SSSR count). The highest BCUT2D eigenvalue weighted by Crippen LogP contribution is 2.30. The molecule has 0 radical (unpaired) electrons. The van der Waals surface area contributed by atoms with Gasteiger partial charge in [-0.1, -0.05) is 25.0 Å². The normalized spacial score (nSPS) is 15.1. The third-order valence-corrected chi connectivity index (χ3v) is 8.01. The Bertz CT molecular complexity index is 1420. The number of nitrogens with one attached hydrogen (secondary N) is 1. The van der Waals surface area contributed by atoms with Gasteiger partial charge in [-0.25, -0.2) is 22.2 Å². The van der Waals surface area contributed by atoms with Gasteiger partial charge < -0.3 is 16.0 Å². The topological polar surface area (TPSA) is 105 Å². The van der Waals surface area contributed by atoms with Crippen molar-refractivity contribution in [1.29, 1.82) is 0 Å². The molecular weight excluding hydrogens is 510 g/mol. The quantitative estimate of drug-likeness (QED) is 0.415. The van der Waals surface area contributed by atoms with E-state index in [4.69, 9.17) is 10.7 Å². The summed E-state index contributed by atoms with van der Waals surface area (Å²) in [6.45, 7) is 3.47. The molecule has 10 heteroatoms. The molecule has 0 spiro atoms. The number of anilines is 2. The van der Waals surface area contributed by atoms with E-state index >= 15 is 0 Å². The third kappa shape index (κ3) is 6.12. The van der Waals surface area contributed by atoms with E-state index in [2.05, 4.69) is 10.2 Å². The van der Waals surface area contributed by atoms with Gasteiger partial charge >= 0.3 is 0 Å². The molecule has 202 valence electrons. The zero-order valence-electron chi connectivity index (χ0n) is 21.5. The molecule has 1 aliphatic rings. The number of halogens is 2. The number of amides is 1. The maximum absolute atomic E-state index is 14.7. The molecule has 2 aromatic carbocycles. The first-order valence-electron chi connectivity index (χ1n) is 12.6. The van der Waals surface area contributed by atoms with Crippen molar-refractivity contribution >= 4 is 27.2 Å². The molecular formula is C28H32F2N4O3S. The van der Waals surface area contributed by atoms with Crippen molar-refractivity contribution < 1.29 is 22.0 Å². The number of carbonyl (C=O) groups is 1. The molecule has 1 saturated heterocycles. The molecule has 1 fully saturated rings. The van der Waals surface area contributed by atoms with Crippen LogP contribution in [0.2, 0.25) is 0 Å². The zero-order chi connectivity index (χ0) is 27.4. The van der Waals surface area contributed by atoms with Gasteiger partial charge in [-0.15, -0.1) is 0 Å². The smallest absolute Gasteiger partial charge is 0.227 e. The monoisotopic (exact) mass is 542 g/mol. The summed E-state index contributed by atoms with van der Waals surface area (Å²) in [4.78, 5) is 19.7. The lowest BCUT2D eigenvalue weighted by atomic mass is 9.98. The second kappa shape index (κ2) is 11.5. The molecule has 0 aliphatic carbocycles. The van der Waals surface area contributed by atoms with E-state index < -0.39 is 26.5 Å². The number of hydrogen-bond donors (Lipinski definition) is 2. The molecule has 3 aromatic rings. The third-order valence-electron chi connectivity index (χ3n) is 6.89. The summed E-state index contributed by atoms with van der Waals surface area (Å²) in [6.07, 6.45) is 5.28. The van der Waals surface area contributed by atoms with Gasteiger partial charge in [-0.2, -0.15) is 0 Å². The predicted octanol–water partition coefficient (Wildman–Crippen LogP) is 4.81. The highest BCUT2D eigenvalue weighted by molar-refractivity contribution is 7.90. The minimum absolute atomic E-state index is 0.190. The standard InChI is InChI=1S/C28H32F2N4O3S/c1-18(22-12-14-24(38(2,36)37)25(30)26(22)31)28(35)32-17-20-9-13-23(19-7-10-21(29)11-8-19)33-27(20)34-15-5-3-4-6-16-34/h7-14,18H,3-6,15-17,31H2,1-2H3,(H,32,35). The SMILES string of the molecule is CC(C(=O)NCc1ccc(-c2ccc(F)cc2)nc1N1CCCCCC1)c1ccc(S(C)(=O)=O)c(F)c1N. The fraction of sp³-hybridized carbons (Fsp3) is 0.357. The first kappa shape index (κ1) is 27.5. The van der Waals surface area contributed by atoms with Crippen molar-refractivity contribution in [1.82, 2.24) is 10.3 Å². The number of pyridine rings is 1. The van der Waals surface area contributed by atoms with Gasteiger partial charge in [0.2, 0.25) is 5.91 Å². The molecule has 38 heavy (non-hydrogen) atoms. The minimum atomic E-state index is -3.79. The summed E-state index contributed by atoms with van der Waals surface area (Å²) in [5.74, 6) is -1.79. The first-order chi connectivity index (χ1) is 18.1. The minimum Gasteiger partial charge on any atom is -0.396 e. The van der Waals surface area contributed by atoms with E-state index in [9.17, 15) is 22.0 Å². The van der Waals surface area contributed by atoms with Crippen LogP contribution in [0.1, 0.15) is 49.7 Å². The summed E-state index contributed by atoms with van der Waals surface area (Å²) in [7, 11) is -3.79. The summed E-state index contributed by atoms with van der Waals surface area (Å²) in [5, 5.41) is 2.90. The van der Waals surface area contributed by atoms with Gasteiger partial charge in [0.25, 0.3) is 0 Å². The second-order valence-electron chi connectivity index (χ2n) is 9.68. The molecule has 7 nitrogen and oxygen atoms in total. The summed E-state index contributed by atoms with van der Waals surface area (Å²) < 4.78 is 51.7. The number of nitrogens with zero attached hydrogens (tertiary/aromatic N) is 2. The molecule has 0 saturated carbocycles. The summed E-state index contributed by atoms with van der Waals surface area (Å²) in [5.41, 5.74) is 8.07. The van der Waals surface area contributed by atoms with Crippen molar-refractivity contribution in [2.45, 2.75) is 50.0 Å². The van der Waals surface area contributed by atoms with E-state index in [0.717, 1.165) is 68.0 Å². The molecule has 0 bridgehead atoms. The number of sulfone groups is 1. The van der Waals surface area contributed by atoms with E-state index in [1.54, 1.807) is 19.1 Å². The number of nitrogens with two attached hydrogens (primary N) is 1. The van der Waals surface area contributed by atoms with Gasteiger partial charge in [-0.3, -0.25) is 4.79 Å². The maximum Gasteiger partial charge on any atom is 0.227 e. The van der Waals surface area contributed by atoms with Gasteiger partial charge in [0.1, 0.15) is 16.5 Å². The average molecular weight is 543 g/mol. The van der Waals surface area contributed by atoms with Crippen molar-refractivity contribution in [3.8, 4) is 11.3 Å². The summed E-state index contributed by atoms with van der Waals surface area (Å²) >= 11 is 0. The average Bonchev–Trinajstić information content (AvgIpc) is 3.18. The van der Waals surface area contributed by atoms with Crippen LogP contribution < -0.4 is 16.0 Å². The lowest BCUT2D eigenvalue weighted by Gasteiger charge is -2.25. The molecule has 1 aliphatic heterocycles. The zero-order valence-corrected chi connectivity index (χ0v) is 22.3. The number of rotatable bonds is 7. The Morgan fingerprint density at radius 3 is 2.32 bits per heavy atom. The van der Waals surface area contributed by atoms with Crippen LogP contribution in [-0.4, -0.2) is 38.7 Å². The van der Waals surface area contributed by atoms with Crippen molar-refractivity contribution in [2.75, 3.05) is 30.0 Å². The first-order valence-corrected chi connectivity index (χ1v) is 14.5. The van der Waals surface area contributed by atoms with Crippen LogP contribution in [0.25, 0.3) is 11.3 Å². The Morgan fingerprint density at radius 2 is 1.68 bits per heavy atom. The second-order valence-corrected chi connectivity index (χ2v) is 11.7. The number of benzene rings is 2. The van der Waals surface area contributed by atoms with Crippen LogP contribution in [0.3, 0.4) is 0 Å². The van der Waals surface area contributed by atoms with Crippen LogP contribution in [-0.2, 0) is 21.2 Å². The number of aromatic nitrogens is 1. The number of nitrogen functional groups attached to an aromatic ring is 1. The van der Waals surface area contributed by atoms with E-state index in [0.29, 0.717) is 5.69 Å². The molecule has 1 unspecified atom stereocenters. The number of carbonyl (C=O) groups excluding carboxylic acids is 1. The molecule has 1 aromatic heterocycles. The van der Waals surface area contributed by atoms with Crippen LogP contribution in [0.15, 0.2) is 53.4 Å². The van der Waals surface area contributed by atoms with E-state index in [-0.39, 0.29) is 29.5 Å².